The van der Waals surface area contributed by atoms with E-state index in [2.05, 4.69) is 4.98 Å². The van der Waals surface area contributed by atoms with Crippen LogP contribution in [0.3, 0.4) is 0 Å². The van der Waals surface area contributed by atoms with Crippen LogP contribution in [0.1, 0.15) is 0 Å². The SMILES string of the molecule is COCCOc1ccnc(N)c1[N+](=O)[O-]. The Balaban J connectivity index is 2.86. The zero-order chi connectivity index (χ0) is 11.3. The van der Waals surface area contributed by atoms with E-state index in [0.717, 1.165) is 0 Å². The highest BCUT2D eigenvalue weighted by molar-refractivity contribution is 5.60. The summed E-state index contributed by atoms with van der Waals surface area (Å²) in [6.45, 7) is 0.570. The number of rotatable bonds is 5. The number of nitrogens with zero attached hydrogens (tertiary/aromatic N) is 2. The van der Waals surface area contributed by atoms with E-state index >= 15 is 0 Å². The molecule has 0 saturated heterocycles. The number of hydrogen-bond donors (Lipinski definition) is 1. The third-order valence-corrected chi connectivity index (χ3v) is 1.64. The maximum absolute atomic E-state index is 10.6. The van der Waals surface area contributed by atoms with E-state index in [4.69, 9.17) is 15.2 Å². The number of nitro groups is 1. The minimum atomic E-state index is -0.621. The molecule has 1 aromatic rings. The number of ether oxygens (including phenoxy) is 2. The zero-order valence-corrected chi connectivity index (χ0v) is 8.17. The number of aromatic nitrogens is 1. The van der Waals surface area contributed by atoms with Gasteiger partial charge in [-0.05, 0) is 0 Å². The van der Waals surface area contributed by atoms with Gasteiger partial charge in [0.15, 0.2) is 0 Å². The van der Waals surface area contributed by atoms with E-state index in [-0.39, 0.29) is 23.9 Å². The Morgan fingerprint density at radius 2 is 2.33 bits per heavy atom. The molecule has 0 amide bonds. The van der Waals surface area contributed by atoms with Gasteiger partial charge >= 0.3 is 5.69 Å². The Bertz CT molecular complexity index is 356. The molecule has 0 aromatic carbocycles. The molecular formula is C8H11N3O4. The molecule has 0 saturated carbocycles. The van der Waals surface area contributed by atoms with Crippen molar-refractivity contribution in [1.82, 2.24) is 4.98 Å². The first-order chi connectivity index (χ1) is 7.16. The monoisotopic (exact) mass is 213 g/mol. The first kappa shape index (κ1) is 11.2. The molecule has 0 aliphatic carbocycles. The van der Waals surface area contributed by atoms with E-state index < -0.39 is 4.92 Å². The first-order valence-corrected chi connectivity index (χ1v) is 4.17. The molecule has 1 heterocycles. The second kappa shape index (κ2) is 5.11. The lowest BCUT2D eigenvalue weighted by Gasteiger charge is -2.06. The van der Waals surface area contributed by atoms with Crippen molar-refractivity contribution in [3.8, 4) is 5.75 Å². The summed E-state index contributed by atoms with van der Waals surface area (Å²) < 4.78 is 9.89. The summed E-state index contributed by atoms with van der Waals surface area (Å²) in [7, 11) is 1.51. The van der Waals surface area contributed by atoms with Crippen molar-refractivity contribution in [3.05, 3.63) is 22.4 Å². The van der Waals surface area contributed by atoms with Gasteiger partial charge in [0.1, 0.15) is 6.61 Å². The van der Waals surface area contributed by atoms with E-state index in [0.29, 0.717) is 6.61 Å². The van der Waals surface area contributed by atoms with Gasteiger partial charge in [-0.1, -0.05) is 0 Å². The van der Waals surface area contributed by atoms with E-state index in [1.807, 2.05) is 0 Å². The molecular weight excluding hydrogens is 202 g/mol. The van der Waals surface area contributed by atoms with Crippen LogP contribution in [0.15, 0.2) is 12.3 Å². The van der Waals surface area contributed by atoms with Gasteiger partial charge in [0.05, 0.1) is 11.5 Å². The molecule has 0 spiro atoms. The Morgan fingerprint density at radius 3 is 2.93 bits per heavy atom. The van der Waals surface area contributed by atoms with Crippen molar-refractivity contribution in [2.75, 3.05) is 26.1 Å². The maximum Gasteiger partial charge on any atom is 0.352 e. The summed E-state index contributed by atoms with van der Waals surface area (Å²) in [5, 5.41) is 10.6. The normalized spacial score (nSPS) is 9.93. The fourth-order valence-electron chi connectivity index (χ4n) is 0.986. The van der Waals surface area contributed by atoms with Gasteiger partial charge in [0.2, 0.25) is 11.6 Å². The average molecular weight is 213 g/mol. The lowest BCUT2D eigenvalue weighted by molar-refractivity contribution is -0.385. The average Bonchev–Trinajstić information content (AvgIpc) is 2.17. The Kier molecular flexibility index (Phi) is 3.81. The van der Waals surface area contributed by atoms with Crippen LogP contribution in [0.2, 0.25) is 0 Å². The van der Waals surface area contributed by atoms with Crippen LogP contribution in [0.4, 0.5) is 11.5 Å². The second-order valence-corrected chi connectivity index (χ2v) is 2.64. The molecule has 0 fully saturated rings. The second-order valence-electron chi connectivity index (χ2n) is 2.64. The minimum absolute atomic E-state index is 0.101. The summed E-state index contributed by atoms with van der Waals surface area (Å²) in [5.74, 6) is -0.0560. The van der Waals surface area contributed by atoms with Crippen molar-refractivity contribution < 1.29 is 14.4 Å². The van der Waals surface area contributed by atoms with Crippen molar-refractivity contribution >= 4 is 11.5 Å². The Hall–Kier alpha value is -1.89. The standard InChI is InChI=1S/C8H11N3O4/c1-14-4-5-15-6-2-3-10-8(9)7(6)11(12)13/h2-3H,4-5H2,1H3,(H2,9,10). The lowest BCUT2D eigenvalue weighted by Crippen LogP contribution is -2.07. The topological polar surface area (TPSA) is 101 Å². The minimum Gasteiger partial charge on any atom is -0.484 e. The van der Waals surface area contributed by atoms with Crippen LogP contribution in [-0.2, 0) is 4.74 Å². The van der Waals surface area contributed by atoms with E-state index in [9.17, 15) is 10.1 Å². The lowest BCUT2D eigenvalue weighted by atomic mass is 10.3. The molecule has 7 nitrogen and oxygen atoms in total. The Labute approximate surface area is 86.0 Å². The van der Waals surface area contributed by atoms with Crippen molar-refractivity contribution in [3.63, 3.8) is 0 Å². The fraction of sp³-hybridized carbons (Fsp3) is 0.375. The van der Waals surface area contributed by atoms with Gasteiger partial charge in [-0.25, -0.2) is 4.98 Å². The molecule has 0 atom stereocenters. The van der Waals surface area contributed by atoms with Crippen molar-refractivity contribution in [1.29, 1.82) is 0 Å². The predicted molar refractivity (Wildman–Crippen MR) is 52.7 cm³/mol. The summed E-state index contributed by atoms with van der Waals surface area (Å²) in [5.41, 5.74) is 5.05. The summed E-state index contributed by atoms with van der Waals surface area (Å²) in [4.78, 5) is 13.6. The smallest absolute Gasteiger partial charge is 0.352 e. The van der Waals surface area contributed by atoms with Gasteiger partial charge in [-0.2, -0.15) is 0 Å². The van der Waals surface area contributed by atoms with Gasteiger partial charge in [0.25, 0.3) is 0 Å². The molecule has 0 bridgehead atoms. The number of anilines is 1. The molecule has 0 aliphatic heterocycles. The molecule has 0 radical (unpaired) electrons. The fourth-order valence-corrected chi connectivity index (χ4v) is 0.986. The summed E-state index contributed by atoms with van der Waals surface area (Å²) in [6, 6.07) is 1.39. The maximum atomic E-state index is 10.6. The van der Waals surface area contributed by atoms with Gasteiger partial charge in [0, 0.05) is 19.4 Å². The van der Waals surface area contributed by atoms with Crippen molar-refractivity contribution in [2.45, 2.75) is 0 Å². The van der Waals surface area contributed by atoms with Crippen LogP contribution in [0.5, 0.6) is 5.75 Å². The number of methoxy groups -OCH3 is 1. The van der Waals surface area contributed by atoms with E-state index in [1.54, 1.807) is 0 Å². The van der Waals surface area contributed by atoms with Crippen LogP contribution >= 0.6 is 0 Å². The number of hydrogen-bond acceptors (Lipinski definition) is 6. The Morgan fingerprint density at radius 1 is 1.60 bits per heavy atom. The molecule has 2 N–H and O–H groups in total. The third-order valence-electron chi connectivity index (χ3n) is 1.64. The molecule has 0 unspecified atom stereocenters. The number of nitrogen functional groups attached to an aromatic ring is 1. The van der Waals surface area contributed by atoms with Crippen molar-refractivity contribution in [2.24, 2.45) is 0 Å². The van der Waals surface area contributed by atoms with E-state index in [1.165, 1.54) is 19.4 Å². The molecule has 82 valence electrons. The summed E-state index contributed by atoms with van der Waals surface area (Å²) >= 11 is 0. The molecule has 7 heteroatoms. The predicted octanol–water partition coefficient (Wildman–Crippen LogP) is 0.597. The van der Waals surface area contributed by atoms with Crippen LogP contribution < -0.4 is 10.5 Å². The van der Waals surface area contributed by atoms with Crippen LogP contribution in [-0.4, -0.2) is 30.2 Å². The van der Waals surface area contributed by atoms with Gasteiger partial charge in [-0.15, -0.1) is 0 Å². The van der Waals surface area contributed by atoms with Crippen LogP contribution in [0, 0.1) is 10.1 Å². The number of pyridine rings is 1. The molecule has 1 aromatic heterocycles. The zero-order valence-electron chi connectivity index (χ0n) is 8.17. The van der Waals surface area contributed by atoms with Crippen LogP contribution in [0.25, 0.3) is 0 Å². The highest BCUT2D eigenvalue weighted by Gasteiger charge is 2.20. The number of nitrogens with two attached hydrogens (primary N) is 1. The summed E-state index contributed by atoms with van der Waals surface area (Å²) in [6.07, 6.45) is 1.35. The third kappa shape index (κ3) is 2.78. The highest BCUT2D eigenvalue weighted by Crippen LogP contribution is 2.30. The van der Waals surface area contributed by atoms with Gasteiger partial charge < -0.3 is 15.2 Å². The van der Waals surface area contributed by atoms with Gasteiger partial charge in [-0.3, -0.25) is 10.1 Å². The first-order valence-electron chi connectivity index (χ1n) is 4.17. The molecule has 15 heavy (non-hydrogen) atoms. The molecule has 1 rings (SSSR count). The largest absolute Gasteiger partial charge is 0.484 e. The highest BCUT2D eigenvalue weighted by atomic mass is 16.6. The molecule has 0 aliphatic rings. The quantitative estimate of drug-likeness (QED) is 0.436.